The number of hydrogen-bond acceptors (Lipinski definition) is 3. The van der Waals surface area contributed by atoms with Crippen molar-refractivity contribution in [2.45, 2.75) is 25.3 Å². The molecule has 17 heavy (non-hydrogen) atoms. The van der Waals surface area contributed by atoms with Gasteiger partial charge in [-0.15, -0.1) is 0 Å². The van der Waals surface area contributed by atoms with Crippen LogP contribution in [0.4, 0.5) is 0 Å². The Morgan fingerprint density at radius 1 is 1.53 bits per heavy atom. The number of piperidine rings is 1. The Kier molecular flexibility index (Phi) is 4.09. The number of hydrogen-bond donors (Lipinski definition) is 1. The summed E-state index contributed by atoms with van der Waals surface area (Å²) in [4.78, 5) is 18.0. The van der Waals surface area contributed by atoms with Crippen molar-refractivity contribution in [3.05, 3.63) is 30.1 Å². The Morgan fingerprint density at radius 2 is 2.29 bits per heavy atom. The number of nitrogens with zero attached hydrogens (tertiary/aromatic N) is 2. The molecule has 0 radical (unpaired) electrons. The van der Waals surface area contributed by atoms with E-state index in [1.54, 1.807) is 12.4 Å². The van der Waals surface area contributed by atoms with Crippen molar-refractivity contribution in [2.75, 3.05) is 20.1 Å². The molecule has 1 N–H and O–H groups in total. The molecule has 1 aliphatic heterocycles. The molecule has 2 heterocycles. The number of likely N-dealkylation sites (tertiary alicyclic amines) is 1. The molecule has 1 fully saturated rings. The van der Waals surface area contributed by atoms with Crippen LogP contribution in [0.3, 0.4) is 0 Å². The molecule has 1 amide bonds. The van der Waals surface area contributed by atoms with Crippen molar-refractivity contribution in [3.8, 4) is 0 Å². The number of rotatable bonds is 3. The summed E-state index contributed by atoms with van der Waals surface area (Å²) in [5.41, 5.74) is 1.04. The van der Waals surface area contributed by atoms with Crippen molar-refractivity contribution in [1.29, 1.82) is 0 Å². The first-order valence-corrected chi connectivity index (χ1v) is 6.13. The van der Waals surface area contributed by atoms with Gasteiger partial charge >= 0.3 is 0 Å². The quantitative estimate of drug-likeness (QED) is 0.841. The number of carbonyl (C=O) groups excluding carboxylic acids is 1. The summed E-state index contributed by atoms with van der Waals surface area (Å²) < 4.78 is 0. The summed E-state index contributed by atoms with van der Waals surface area (Å²) in [7, 11) is 1.96. The van der Waals surface area contributed by atoms with Crippen LogP contribution in [-0.4, -0.2) is 42.0 Å². The second-order valence-corrected chi connectivity index (χ2v) is 4.50. The maximum absolute atomic E-state index is 12.1. The first-order valence-electron chi connectivity index (χ1n) is 6.13. The third-order valence-corrected chi connectivity index (χ3v) is 3.29. The molecule has 92 valence electrons. The molecule has 1 unspecified atom stereocenters. The fraction of sp³-hybridized carbons (Fsp3) is 0.538. The van der Waals surface area contributed by atoms with Crippen molar-refractivity contribution in [3.63, 3.8) is 0 Å². The standard InChI is InChI=1S/C13H19N3O/c1-14-12-3-2-8-16(10-12)13(17)9-11-4-6-15-7-5-11/h4-7,12,14H,2-3,8-10H2,1H3. The molecule has 0 saturated carbocycles. The molecular formula is C13H19N3O. The second-order valence-electron chi connectivity index (χ2n) is 4.50. The number of likely N-dealkylation sites (N-methyl/N-ethyl adjacent to an activating group) is 1. The summed E-state index contributed by atoms with van der Waals surface area (Å²) in [6.07, 6.45) is 6.20. The molecule has 1 aromatic rings. The summed E-state index contributed by atoms with van der Waals surface area (Å²) in [6, 6.07) is 4.25. The van der Waals surface area contributed by atoms with E-state index in [-0.39, 0.29) is 5.91 Å². The minimum absolute atomic E-state index is 0.219. The van der Waals surface area contributed by atoms with E-state index >= 15 is 0 Å². The molecule has 0 aromatic carbocycles. The third kappa shape index (κ3) is 3.27. The highest BCUT2D eigenvalue weighted by Gasteiger charge is 2.22. The predicted octanol–water partition coefficient (Wildman–Crippen LogP) is 0.834. The predicted molar refractivity (Wildman–Crippen MR) is 66.6 cm³/mol. The summed E-state index contributed by atoms with van der Waals surface area (Å²) in [5.74, 6) is 0.219. The zero-order valence-corrected chi connectivity index (χ0v) is 10.2. The molecule has 1 atom stereocenters. The smallest absolute Gasteiger partial charge is 0.227 e. The third-order valence-electron chi connectivity index (χ3n) is 3.29. The Bertz CT molecular complexity index is 366. The monoisotopic (exact) mass is 233 g/mol. The van der Waals surface area contributed by atoms with Crippen molar-refractivity contribution >= 4 is 5.91 Å². The van der Waals surface area contributed by atoms with Crippen LogP contribution in [0.5, 0.6) is 0 Å². The van der Waals surface area contributed by atoms with E-state index in [1.165, 1.54) is 0 Å². The molecule has 2 rings (SSSR count). The fourth-order valence-corrected chi connectivity index (χ4v) is 2.23. The summed E-state index contributed by atoms with van der Waals surface area (Å²) >= 11 is 0. The molecule has 0 aliphatic carbocycles. The van der Waals surface area contributed by atoms with E-state index in [2.05, 4.69) is 10.3 Å². The SMILES string of the molecule is CNC1CCCN(C(=O)Cc2ccncc2)C1. The molecule has 1 saturated heterocycles. The van der Waals surface area contributed by atoms with Crippen LogP contribution in [0, 0.1) is 0 Å². The van der Waals surface area contributed by atoms with Crippen LogP contribution in [0.2, 0.25) is 0 Å². The number of amides is 1. The molecular weight excluding hydrogens is 214 g/mol. The Balaban J connectivity index is 1.91. The Morgan fingerprint density at radius 3 is 3.00 bits per heavy atom. The lowest BCUT2D eigenvalue weighted by atomic mass is 10.0. The van der Waals surface area contributed by atoms with Gasteiger partial charge in [0.05, 0.1) is 6.42 Å². The zero-order valence-electron chi connectivity index (χ0n) is 10.2. The molecule has 0 bridgehead atoms. The van der Waals surface area contributed by atoms with Gasteiger partial charge in [-0.2, -0.15) is 0 Å². The average molecular weight is 233 g/mol. The first-order chi connectivity index (χ1) is 8.29. The van der Waals surface area contributed by atoms with E-state index in [1.807, 2.05) is 24.1 Å². The number of pyridine rings is 1. The van der Waals surface area contributed by atoms with Crippen LogP contribution in [-0.2, 0) is 11.2 Å². The van der Waals surface area contributed by atoms with Gasteiger partial charge in [0.2, 0.25) is 5.91 Å². The maximum atomic E-state index is 12.1. The normalized spacial score (nSPS) is 20.3. The number of carbonyl (C=O) groups is 1. The van der Waals surface area contributed by atoms with Crippen LogP contribution >= 0.6 is 0 Å². The van der Waals surface area contributed by atoms with E-state index in [9.17, 15) is 4.79 Å². The van der Waals surface area contributed by atoms with Gasteiger partial charge in [-0.3, -0.25) is 9.78 Å². The lowest BCUT2D eigenvalue weighted by Crippen LogP contribution is -2.47. The maximum Gasteiger partial charge on any atom is 0.227 e. The van der Waals surface area contributed by atoms with Crippen LogP contribution in [0.15, 0.2) is 24.5 Å². The van der Waals surface area contributed by atoms with Gasteiger partial charge in [0.15, 0.2) is 0 Å². The van der Waals surface area contributed by atoms with Gasteiger partial charge in [0.1, 0.15) is 0 Å². The van der Waals surface area contributed by atoms with Crippen LogP contribution < -0.4 is 5.32 Å². The first kappa shape index (κ1) is 12.0. The van der Waals surface area contributed by atoms with Crippen molar-refractivity contribution in [1.82, 2.24) is 15.2 Å². The number of aromatic nitrogens is 1. The highest BCUT2D eigenvalue weighted by molar-refractivity contribution is 5.78. The van der Waals surface area contributed by atoms with Crippen LogP contribution in [0.25, 0.3) is 0 Å². The van der Waals surface area contributed by atoms with E-state index < -0.39 is 0 Å². The van der Waals surface area contributed by atoms with E-state index in [0.29, 0.717) is 12.5 Å². The Hall–Kier alpha value is -1.42. The molecule has 1 aromatic heterocycles. The molecule has 4 heteroatoms. The average Bonchev–Trinajstić information content (AvgIpc) is 2.40. The summed E-state index contributed by atoms with van der Waals surface area (Å²) in [5, 5.41) is 3.25. The van der Waals surface area contributed by atoms with Gasteiger partial charge < -0.3 is 10.2 Å². The van der Waals surface area contributed by atoms with Crippen molar-refractivity contribution < 1.29 is 4.79 Å². The topological polar surface area (TPSA) is 45.2 Å². The van der Waals surface area contributed by atoms with E-state index in [4.69, 9.17) is 0 Å². The van der Waals surface area contributed by atoms with Crippen LogP contribution in [0.1, 0.15) is 18.4 Å². The lowest BCUT2D eigenvalue weighted by Gasteiger charge is -2.32. The largest absolute Gasteiger partial charge is 0.341 e. The Labute approximate surface area is 102 Å². The van der Waals surface area contributed by atoms with Gasteiger partial charge in [-0.1, -0.05) is 0 Å². The zero-order chi connectivity index (χ0) is 12.1. The fourth-order valence-electron chi connectivity index (χ4n) is 2.23. The lowest BCUT2D eigenvalue weighted by molar-refractivity contribution is -0.131. The molecule has 1 aliphatic rings. The highest BCUT2D eigenvalue weighted by atomic mass is 16.2. The van der Waals surface area contributed by atoms with Gasteiger partial charge in [-0.05, 0) is 37.6 Å². The molecule has 0 spiro atoms. The minimum atomic E-state index is 0.219. The van der Waals surface area contributed by atoms with Gasteiger partial charge in [0, 0.05) is 31.5 Å². The van der Waals surface area contributed by atoms with Gasteiger partial charge in [-0.25, -0.2) is 0 Å². The van der Waals surface area contributed by atoms with E-state index in [0.717, 1.165) is 31.5 Å². The second kappa shape index (κ2) is 5.77. The minimum Gasteiger partial charge on any atom is -0.341 e. The number of nitrogens with one attached hydrogen (secondary N) is 1. The highest BCUT2D eigenvalue weighted by Crippen LogP contribution is 2.11. The van der Waals surface area contributed by atoms with Gasteiger partial charge in [0.25, 0.3) is 0 Å². The molecule has 4 nitrogen and oxygen atoms in total. The summed E-state index contributed by atoms with van der Waals surface area (Å²) in [6.45, 7) is 1.72. The van der Waals surface area contributed by atoms with Crippen molar-refractivity contribution in [2.24, 2.45) is 0 Å².